The summed E-state index contributed by atoms with van der Waals surface area (Å²) in [4.78, 5) is 16.8. The van der Waals surface area contributed by atoms with E-state index in [4.69, 9.17) is 0 Å². The first-order valence-corrected chi connectivity index (χ1v) is 12.5. The topological polar surface area (TPSA) is 94.2 Å². The normalized spacial score (nSPS) is 12.9. The van der Waals surface area contributed by atoms with Crippen molar-refractivity contribution in [1.29, 1.82) is 0 Å². The number of H-pyrrole nitrogens is 1. The Hall–Kier alpha value is -3.94. The molecule has 2 atom stereocenters. The highest BCUT2D eigenvalue weighted by molar-refractivity contribution is 7.86. The van der Waals surface area contributed by atoms with Crippen molar-refractivity contribution in [3.63, 3.8) is 0 Å². The Kier molecular flexibility index (Phi) is 6.61. The Balaban J connectivity index is 1.27. The summed E-state index contributed by atoms with van der Waals surface area (Å²) in [7, 11) is -1.48. The predicted octanol–water partition coefficient (Wildman–Crippen LogP) is 4.79. The molecule has 0 spiro atoms. The van der Waals surface area contributed by atoms with Gasteiger partial charge >= 0.3 is 0 Å². The molecule has 7 heteroatoms. The van der Waals surface area contributed by atoms with Gasteiger partial charge in [-0.3, -0.25) is 4.79 Å². The number of aliphatic hydroxyl groups excluding tert-OH is 1. The number of nitrogens with one attached hydrogen (secondary N) is 3. The van der Waals surface area contributed by atoms with Gasteiger partial charge in [0, 0.05) is 28.4 Å². The molecule has 5 aromatic rings. The maximum Gasteiger partial charge on any atom is 0.251 e. The minimum absolute atomic E-state index is 0.185. The highest BCUT2D eigenvalue weighted by Crippen LogP contribution is 2.21. The van der Waals surface area contributed by atoms with Crippen molar-refractivity contribution in [3.05, 3.63) is 108 Å². The first-order chi connectivity index (χ1) is 17.1. The Morgan fingerprint density at radius 1 is 0.914 bits per heavy atom. The second-order valence-corrected chi connectivity index (χ2v) is 9.59. The number of aromatic amines is 1. The highest BCUT2D eigenvalue weighted by Gasteiger charge is 2.16. The molecule has 1 aromatic heterocycles. The average Bonchev–Trinajstić information content (AvgIpc) is 3.30. The standard InChI is InChI=1S/C28H25N3O3S/c32-18-24(15-22-17-29-27-11-4-3-10-26(22)27)30-28(33)21-8-5-9-23(14-21)31-35(34)25-13-12-19-6-1-2-7-20(19)16-25/h1-14,16-17,24,29,31-32H,15,18H2,(H,30,33). The van der Waals surface area contributed by atoms with Gasteiger partial charge in [-0.15, -0.1) is 0 Å². The summed E-state index contributed by atoms with van der Waals surface area (Å²) >= 11 is 0. The molecule has 5 rings (SSSR count). The summed E-state index contributed by atoms with van der Waals surface area (Å²) in [6, 6.07) is 27.9. The molecule has 0 saturated heterocycles. The summed E-state index contributed by atoms with van der Waals surface area (Å²) in [5.41, 5.74) is 3.04. The van der Waals surface area contributed by atoms with Crippen LogP contribution in [0.3, 0.4) is 0 Å². The van der Waals surface area contributed by atoms with E-state index in [0.717, 1.165) is 27.2 Å². The van der Waals surface area contributed by atoms with E-state index in [-0.39, 0.29) is 12.5 Å². The molecule has 1 amide bonds. The number of hydrogen-bond donors (Lipinski definition) is 4. The van der Waals surface area contributed by atoms with Crippen molar-refractivity contribution >= 4 is 44.3 Å². The van der Waals surface area contributed by atoms with Gasteiger partial charge in [0.25, 0.3) is 5.91 Å². The third-order valence-electron chi connectivity index (χ3n) is 5.97. The lowest BCUT2D eigenvalue weighted by atomic mass is 10.0. The molecule has 0 aliphatic rings. The number of benzene rings is 4. The Morgan fingerprint density at radius 2 is 1.71 bits per heavy atom. The van der Waals surface area contributed by atoms with E-state index in [1.54, 1.807) is 24.3 Å². The molecular formula is C28H25N3O3S. The van der Waals surface area contributed by atoms with E-state index in [9.17, 15) is 14.1 Å². The number of amides is 1. The second-order valence-electron chi connectivity index (χ2n) is 8.38. The molecule has 0 bridgehead atoms. The number of hydrogen-bond acceptors (Lipinski definition) is 3. The molecule has 6 nitrogen and oxygen atoms in total. The van der Waals surface area contributed by atoms with E-state index in [1.165, 1.54) is 0 Å². The van der Waals surface area contributed by atoms with Crippen LogP contribution in [0.2, 0.25) is 0 Å². The lowest BCUT2D eigenvalue weighted by molar-refractivity contribution is 0.0916. The third kappa shape index (κ3) is 5.11. The first kappa shape index (κ1) is 22.8. The zero-order valence-electron chi connectivity index (χ0n) is 18.9. The van der Waals surface area contributed by atoms with Crippen LogP contribution in [0.25, 0.3) is 21.7 Å². The van der Waals surface area contributed by atoms with Crippen molar-refractivity contribution in [2.45, 2.75) is 17.4 Å². The molecule has 0 fully saturated rings. The SMILES string of the molecule is O=C(NC(CO)Cc1c[nH]c2ccccc12)c1cccc(NS(=O)c2ccc3ccccc3c2)c1. The van der Waals surface area contributed by atoms with Crippen LogP contribution in [-0.4, -0.2) is 32.9 Å². The molecule has 176 valence electrons. The largest absolute Gasteiger partial charge is 0.394 e. The minimum Gasteiger partial charge on any atom is -0.394 e. The van der Waals surface area contributed by atoms with E-state index in [0.29, 0.717) is 22.6 Å². The predicted molar refractivity (Wildman–Crippen MR) is 141 cm³/mol. The zero-order valence-corrected chi connectivity index (χ0v) is 19.7. The maximum atomic E-state index is 12.9. The number of fused-ring (bicyclic) bond motifs is 2. The second kappa shape index (κ2) is 10.1. The number of aliphatic hydroxyl groups is 1. The molecule has 1 heterocycles. The maximum absolute atomic E-state index is 12.9. The number of rotatable bonds is 8. The van der Waals surface area contributed by atoms with Crippen molar-refractivity contribution in [3.8, 4) is 0 Å². The van der Waals surface area contributed by atoms with E-state index in [1.807, 2.05) is 72.9 Å². The van der Waals surface area contributed by atoms with E-state index in [2.05, 4.69) is 15.0 Å². The van der Waals surface area contributed by atoms with Gasteiger partial charge in [0.2, 0.25) is 0 Å². The Bertz CT molecular complexity index is 1530. The quantitative estimate of drug-likeness (QED) is 0.256. The van der Waals surface area contributed by atoms with Gasteiger partial charge in [0.05, 0.1) is 17.5 Å². The molecule has 35 heavy (non-hydrogen) atoms. The number of carbonyl (C=O) groups excluding carboxylic acids is 1. The van der Waals surface area contributed by atoms with Gasteiger partial charge < -0.3 is 20.1 Å². The fraction of sp³-hybridized carbons (Fsp3) is 0.107. The van der Waals surface area contributed by atoms with Crippen molar-refractivity contribution in [2.75, 3.05) is 11.3 Å². The van der Waals surface area contributed by atoms with Crippen LogP contribution in [0.4, 0.5) is 5.69 Å². The van der Waals surface area contributed by atoms with Crippen molar-refractivity contribution in [2.24, 2.45) is 0 Å². The number of aromatic nitrogens is 1. The summed E-state index contributed by atoms with van der Waals surface area (Å²) in [6.07, 6.45) is 2.41. The van der Waals surface area contributed by atoms with E-state index >= 15 is 0 Å². The molecule has 4 aromatic carbocycles. The van der Waals surface area contributed by atoms with Crippen LogP contribution >= 0.6 is 0 Å². The summed E-state index contributed by atoms with van der Waals surface area (Å²) < 4.78 is 15.9. The summed E-state index contributed by atoms with van der Waals surface area (Å²) in [5, 5.41) is 16.0. The third-order valence-corrected chi connectivity index (χ3v) is 7.07. The number of carbonyl (C=O) groups is 1. The van der Waals surface area contributed by atoms with Gasteiger partial charge in [-0.2, -0.15) is 0 Å². The molecule has 0 saturated carbocycles. The van der Waals surface area contributed by atoms with Crippen molar-refractivity contribution < 1.29 is 14.1 Å². The van der Waals surface area contributed by atoms with Crippen LogP contribution < -0.4 is 10.0 Å². The van der Waals surface area contributed by atoms with Crippen LogP contribution in [0.5, 0.6) is 0 Å². The van der Waals surface area contributed by atoms with Crippen LogP contribution in [0.15, 0.2) is 102 Å². The fourth-order valence-electron chi connectivity index (χ4n) is 4.17. The minimum atomic E-state index is -1.48. The Labute approximate surface area is 205 Å². The van der Waals surface area contributed by atoms with Crippen LogP contribution in [0, 0.1) is 0 Å². The Morgan fingerprint density at radius 3 is 2.57 bits per heavy atom. The monoisotopic (exact) mass is 483 g/mol. The van der Waals surface area contributed by atoms with Gasteiger partial charge in [0.15, 0.2) is 0 Å². The van der Waals surface area contributed by atoms with Crippen molar-refractivity contribution in [1.82, 2.24) is 10.3 Å². The van der Waals surface area contributed by atoms with Gasteiger partial charge in [-0.05, 0) is 59.2 Å². The lowest BCUT2D eigenvalue weighted by Crippen LogP contribution is -2.39. The lowest BCUT2D eigenvalue weighted by Gasteiger charge is -2.16. The van der Waals surface area contributed by atoms with Gasteiger partial charge in [0.1, 0.15) is 11.0 Å². The molecule has 0 aliphatic carbocycles. The molecular weight excluding hydrogens is 458 g/mol. The molecule has 0 aliphatic heterocycles. The molecule has 0 radical (unpaired) electrons. The van der Waals surface area contributed by atoms with Gasteiger partial charge in [-0.25, -0.2) is 4.21 Å². The smallest absolute Gasteiger partial charge is 0.251 e. The summed E-state index contributed by atoms with van der Waals surface area (Å²) in [5.74, 6) is -0.302. The highest BCUT2D eigenvalue weighted by atomic mass is 32.2. The van der Waals surface area contributed by atoms with Crippen LogP contribution in [0.1, 0.15) is 15.9 Å². The number of para-hydroxylation sites is 1. The molecule has 4 N–H and O–H groups in total. The van der Waals surface area contributed by atoms with E-state index < -0.39 is 17.0 Å². The number of anilines is 1. The average molecular weight is 484 g/mol. The van der Waals surface area contributed by atoms with Gasteiger partial charge in [-0.1, -0.05) is 54.6 Å². The summed E-state index contributed by atoms with van der Waals surface area (Å²) in [6.45, 7) is -0.185. The fourth-order valence-corrected chi connectivity index (χ4v) is 5.05. The zero-order chi connectivity index (χ0) is 24.2. The molecule has 2 unspecified atom stereocenters. The first-order valence-electron chi connectivity index (χ1n) is 11.3. The van der Waals surface area contributed by atoms with Crippen LogP contribution in [-0.2, 0) is 17.4 Å².